The van der Waals surface area contributed by atoms with Gasteiger partial charge in [0.15, 0.2) is 5.78 Å². The van der Waals surface area contributed by atoms with Crippen LogP contribution in [0.25, 0.3) is 5.69 Å². The van der Waals surface area contributed by atoms with E-state index in [1.807, 2.05) is 17.6 Å². The van der Waals surface area contributed by atoms with Crippen LogP contribution in [0.1, 0.15) is 59.3 Å². The lowest BCUT2D eigenvalue weighted by molar-refractivity contribution is -0.114. The van der Waals surface area contributed by atoms with Crippen LogP contribution in [0.3, 0.4) is 0 Å². The van der Waals surface area contributed by atoms with E-state index in [2.05, 4.69) is 19.2 Å². The van der Waals surface area contributed by atoms with Gasteiger partial charge in [-0.2, -0.15) is 0 Å². The number of anilines is 1. The van der Waals surface area contributed by atoms with Crippen molar-refractivity contribution in [2.75, 3.05) is 5.32 Å². The summed E-state index contributed by atoms with van der Waals surface area (Å²) in [6, 6.07) is 7.02. The number of carbonyl (C=O) groups is 3. The molecule has 6 heteroatoms. The molecule has 26 heavy (non-hydrogen) atoms. The molecule has 6 nitrogen and oxygen atoms in total. The van der Waals surface area contributed by atoms with E-state index in [1.54, 1.807) is 18.2 Å². The van der Waals surface area contributed by atoms with Gasteiger partial charge in [0.25, 0.3) is 5.91 Å². The molecular formula is C20H23N3O3. The Bertz CT molecular complexity index is 938. The van der Waals surface area contributed by atoms with Crippen LogP contribution in [-0.4, -0.2) is 22.2 Å². The summed E-state index contributed by atoms with van der Waals surface area (Å²) in [5, 5.41) is 2.66. The van der Waals surface area contributed by atoms with Crippen molar-refractivity contribution in [2.24, 2.45) is 11.1 Å². The summed E-state index contributed by atoms with van der Waals surface area (Å²) >= 11 is 0. The molecule has 0 atom stereocenters. The zero-order valence-electron chi connectivity index (χ0n) is 15.5. The third-order valence-corrected chi connectivity index (χ3v) is 4.71. The molecular weight excluding hydrogens is 330 g/mol. The molecule has 2 aromatic rings. The summed E-state index contributed by atoms with van der Waals surface area (Å²) in [6.07, 6.45) is 1.30. The minimum Gasteiger partial charge on any atom is -0.366 e. The van der Waals surface area contributed by atoms with Gasteiger partial charge in [-0.3, -0.25) is 14.4 Å². The number of Topliss-reactive ketones (excluding diaryl/α,β-unsaturated/α-hetero) is 1. The van der Waals surface area contributed by atoms with Crippen LogP contribution in [-0.2, 0) is 11.2 Å². The standard InChI is InChI=1S/C20H23N3O3/c1-11-7-15-17(9-20(3,4)10-18(15)25)23(11)13-5-6-14(19(21)26)16(8-13)22-12(2)24/h5-8H,9-10H2,1-4H3,(H2,21,26)(H,22,24). The highest BCUT2D eigenvalue weighted by molar-refractivity contribution is 6.03. The number of hydrogen-bond donors (Lipinski definition) is 2. The van der Waals surface area contributed by atoms with Gasteiger partial charge in [-0.05, 0) is 43.0 Å². The Morgan fingerprint density at radius 2 is 1.88 bits per heavy atom. The van der Waals surface area contributed by atoms with Crippen molar-refractivity contribution in [1.29, 1.82) is 0 Å². The van der Waals surface area contributed by atoms with Crippen molar-refractivity contribution >= 4 is 23.3 Å². The third-order valence-electron chi connectivity index (χ3n) is 4.71. The number of hydrogen-bond acceptors (Lipinski definition) is 3. The van der Waals surface area contributed by atoms with Crippen molar-refractivity contribution in [3.63, 3.8) is 0 Å². The van der Waals surface area contributed by atoms with Crippen LogP contribution in [0, 0.1) is 12.3 Å². The Morgan fingerprint density at radius 3 is 2.50 bits per heavy atom. The predicted molar refractivity (Wildman–Crippen MR) is 99.8 cm³/mol. The Kier molecular flexibility index (Phi) is 4.22. The van der Waals surface area contributed by atoms with Gasteiger partial charge in [0.1, 0.15) is 0 Å². The maximum atomic E-state index is 12.5. The predicted octanol–water partition coefficient (Wildman–Crippen LogP) is 3.00. The molecule has 136 valence electrons. The Hall–Kier alpha value is -2.89. The van der Waals surface area contributed by atoms with Crippen molar-refractivity contribution in [3.05, 3.63) is 46.8 Å². The van der Waals surface area contributed by atoms with Gasteiger partial charge < -0.3 is 15.6 Å². The maximum absolute atomic E-state index is 12.5. The summed E-state index contributed by atoms with van der Waals surface area (Å²) in [7, 11) is 0. The highest BCUT2D eigenvalue weighted by Gasteiger charge is 2.34. The van der Waals surface area contributed by atoms with E-state index in [0.29, 0.717) is 12.1 Å². The number of primary amides is 1. The Morgan fingerprint density at radius 1 is 1.19 bits per heavy atom. The molecule has 1 aromatic heterocycles. The highest BCUT2D eigenvalue weighted by atomic mass is 16.2. The number of aromatic nitrogens is 1. The molecule has 0 bridgehead atoms. The first-order chi connectivity index (χ1) is 12.1. The van der Waals surface area contributed by atoms with Crippen LogP contribution < -0.4 is 11.1 Å². The Balaban J connectivity index is 2.18. The van der Waals surface area contributed by atoms with Crippen LogP contribution >= 0.6 is 0 Å². The molecule has 0 unspecified atom stereocenters. The topological polar surface area (TPSA) is 94.2 Å². The fraction of sp³-hybridized carbons (Fsp3) is 0.350. The van der Waals surface area contributed by atoms with Crippen molar-refractivity contribution in [1.82, 2.24) is 4.57 Å². The lowest BCUT2D eigenvalue weighted by Gasteiger charge is -2.30. The van der Waals surface area contributed by atoms with E-state index in [9.17, 15) is 14.4 Å². The SMILES string of the molecule is CC(=O)Nc1cc(-n2c(C)cc3c2CC(C)(C)CC3=O)ccc1C(N)=O. The zero-order valence-corrected chi connectivity index (χ0v) is 15.5. The normalized spacial score (nSPS) is 15.5. The molecule has 3 N–H and O–H groups in total. The average molecular weight is 353 g/mol. The van der Waals surface area contributed by atoms with E-state index in [1.165, 1.54) is 6.92 Å². The fourth-order valence-corrected chi connectivity index (χ4v) is 3.69. The average Bonchev–Trinajstić information content (AvgIpc) is 2.81. The van der Waals surface area contributed by atoms with Crippen LogP contribution in [0.4, 0.5) is 5.69 Å². The van der Waals surface area contributed by atoms with Gasteiger partial charge in [-0.25, -0.2) is 0 Å². The first-order valence-electron chi connectivity index (χ1n) is 8.55. The van der Waals surface area contributed by atoms with Gasteiger partial charge in [-0.1, -0.05) is 13.8 Å². The number of rotatable bonds is 3. The molecule has 1 aliphatic rings. The third kappa shape index (κ3) is 3.14. The molecule has 1 heterocycles. The van der Waals surface area contributed by atoms with Gasteiger partial charge in [0, 0.05) is 36.0 Å². The molecule has 1 aromatic carbocycles. The second kappa shape index (κ2) is 6.12. The number of nitrogens with one attached hydrogen (secondary N) is 1. The lowest BCUT2D eigenvalue weighted by Crippen LogP contribution is -2.27. The molecule has 0 saturated heterocycles. The molecule has 0 radical (unpaired) electrons. The zero-order chi connectivity index (χ0) is 19.2. The minimum atomic E-state index is -0.608. The van der Waals surface area contributed by atoms with E-state index in [-0.39, 0.29) is 22.7 Å². The smallest absolute Gasteiger partial charge is 0.250 e. The van der Waals surface area contributed by atoms with E-state index in [0.717, 1.165) is 29.1 Å². The molecule has 2 amide bonds. The highest BCUT2D eigenvalue weighted by Crippen LogP contribution is 2.38. The second-order valence-electron chi connectivity index (χ2n) is 7.70. The minimum absolute atomic E-state index is 0.111. The summed E-state index contributed by atoms with van der Waals surface area (Å²) < 4.78 is 2.02. The number of carbonyl (C=O) groups excluding carboxylic acids is 3. The number of fused-ring (bicyclic) bond motifs is 1. The van der Waals surface area contributed by atoms with Crippen LogP contribution in [0.15, 0.2) is 24.3 Å². The van der Waals surface area contributed by atoms with Gasteiger partial charge in [0.05, 0.1) is 11.3 Å². The number of benzene rings is 1. The summed E-state index contributed by atoms with van der Waals surface area (Å²) in [5.41, 5.74) is 9.34. The van der Waals surface area contributed by atoms with Crippen LogP contribution in [0.2, 0.25) is 0 Å². The number of amides is 2. The maximum Gasteiger partial charge on any atom is 0.250 e. The number of nitrogens with zero attached hydrogens (tertiary/aromatic N) is 1. The van der Waals surface area contributed by atoms with E-state index in [4.69, 9.17) is 5.73 Å². The largest absolute Gasteiger partial charge is 0.366 e. The quantitative estimate of drug-likeness (QED) is 0.888. The number of ketones is 1. The number of nitrogens with two attached hydrogens (primary N) is 1. The lowest BCUT2D eigenvalue weighted by atomic mass is 9.76. The van der Waals surface area contributed by atoms with Gasteiger partial charge in [0.2, 0.25) is 5.91 Å². The Labute approximate surface area is 152 Å². The first kappa shape index (κ1) is 17.9. The van der Waals surface area contributed by atoms with Crippen molar-refractivity contribution < 1.29 is 14.4 Å². The molecule has 3 rings (SSSR count). The molecule has 0 spiro atoms. The van der Waals surface area contributed by atoms with Gasteiger partial charge in [-0.15, -0.1) is 0 Å². The van der Waals surface area contributed by atoms with Crippen molar-refractivity contribution in [2.45, 2.75) is 40.5 Å². The van der Waals surface area contributed by atoms with E-state index >= 15 is 0 Å². The van der Waals surface area contributed by atoms with Crippen molar-refractivity contribution in [3.8, 4) is 5.69 Å². The molecule has 0 fully saturated rings. The van der Waals surface area contributed by atoms with Crippen LogP contribution in [0.5, 0.6) is 0 Å². The molecule has 1 aliphatic carbocycles. The second-order valence-corrected chi connectivity index (χ2v) is 7.70. The number of aryl methyl sites for hydroxylation is 1. The van der Waals surface area contributed by atoms with E-state index < -0.39 is 5.91 Å². The first-order valence-corrected chi connectivity index (χ1v) is 8.55. The summed E-state index contributed by atoms with van der Waals surface area (Å²) in [5.74, 6) is -0.746. The fourth-order valence-electron chi connectivity index (χ4n) is 3.69. The monoisotopic (exact) mass is 353 g/mol. The molecule has 0 aliphatic heterocycles. The molecule has 0 saturated carbocycles. The summed E-state index contributed by atoms with van der Waals surface area (Å²) in [6.45, 7) is 7.49. The van der Waals surface area contributed by atoms with Gasteiger partial charge >= 0.3 is 0 Å². The summed E-state index contributed by atoms with van der Waals surface area (Å²) in [4.78, 5) is 35.7.